The van der Waals surface area contributed by atoms with E-state index >= 15 is 0 Å². The molecular weight excluding hydrogens is 232 g/mol. The monoisotopic (exact) mass is 254 g/mol. The lowest BCUT2D eigenvalue weighted by Crippen LogP contribution is -2.46. The number of hydrogen-bond donors (Lipinski definition) is 1. The number of likely N-dealkylation sites (tertiary alicyclic amines) is 1. The van der Waals surface area contributed by atoms with Crippen LogP contribution in [-0.4, -0.2) is 42.5 Å². The third kappa shape index (κ3) is 2.66. The first-order chi connectivity index (χ1) is 8.63. The first kappa shape index (κ1) is 13.3. The van der Waals surface area contributed by atoms with E-state index in [0.717, 1.165) is 38.5 Å². The molecule has 1 heterocycles. The van der Waals surface area contributed by atoms with Gasteiger partial charge >= 0.3 is 5.97 Å². The van der Waals surface area contributed by atoms with E-state index in [4.69, 9.17) is 10.5 Å². The van der Waals surface area contributed by atoms with E-state index < -0.39 is 0 Å². The zero-order valence-corrected chi connectivity index (χ0v) is 10.9. The lowest BCUT2D eigenvalue weighted by molar-refractivity contribution is -0.152. The summed E-state index contributed by atoms with van der Waals surface area (Å²) in [6, 6.07) is -0.243. The summed E-state index contributed by atoms with van der Waals surface area (Å²) in [7, 11) is 1.37. The van der Waals surface area contributed by atoms with Crippen molar-refractivity contribution in [2.45, 2.75) is 50.6 Å². The maximum atomic E-state index is 12.4. The average Bonchev–Trinajstić information content (AvgIpc) is 2.86. The maximum absolute atomic E-state index is 12.4. The van der Waals surface area contributed by atoms with Gasteiger partial charge in [-0.15, -0.1) is 0 Å². The Morgan fingerprint density at radius 1 is 1.22 bits per heavy atom. The van der Waals surface area contributed by atoms with Gasteiger partial charge in [0.15, 0.2) is 0 Å². The lowest BCUT2D eigenvalue weighted by atomic mass is 9.85. The molecule has 0 aromatic rings. The molecule has 1 aliphatic carbocycles. The fraction of sp³-hybridized carbons (Fsp3) is 0.846. The Bertz CT molecular complexity index is 332. The first-order valence-electron chi connectivity index (χ1n) is 6.77. The Morgan fingerprint density at radius 3 is 2.67 bits per heavy atom. The molecule has 1 saturated carbocycles. The summed E-state index contributed by atoms with van der Waals surface area (Å²) in [5, 5.41) is 0. The molecule has 2 N–H and O–H groups in total. The van der Waals surface area contributed by atoms with Crippen LogP contribution >= 0.6 is 0 Å². The number of carbonyl (C=O) groups excluding carboxylic acids is 2. The molecule has 5 heteroatoms. The van der Waals surface area contributed by atoms with E-state index in [1.54, 1.807) is 4.90 Å². The zero-order valence-electron chi connectivity index (χ0n) is 10.9. The van der Waals surface area contributed by atoms with Crippen molar-refractivity contribution in [3.05, 3.63) is 0 Å². The molecule has 1 aliphatic heterocycles. The molecule has 3 atom stereocenters. The second-order valence-corrected chi connectivity index (χ2v) is 5.34. The largest absolute Gasteiger partial charge is 0.467 e. The lowest BCUT2D eigenvalue weighted by Gasteiger charge is -2.31. The summed E-state index contributed by atoms with van der Waals surface area (Å²) in [6.45, 7) is 0.671. The number of amides is 1. The predicted octanol–water partition coefficient (Wildman–Crippen LogP) is 0.668. The van der Waals surface area contributed by atoms with Gasteiger partial charge in [-0.2, -0.15) is 0 Å². The number of nitrogens with two attached hydrogens (primary N) is 1. The van der Waals surface area contributed by atoms with Crippen LogP contribution in [0.5, 0.6) is 0 Å². The molecular formula is C13H22N2O3. The molecule has 1 saturated heterocycles. The molecule has 2 fully saturated rings. The van der Waals surface area contributed by atoms with Gasteiger partial charge in [-0.1, -0.05) is 6.42 Å². The van der Waals surface area contributed by atoms with Crippen molar-refractivity contribution >= 4 is 11.9 Å². The molecule has 2 aliphatic rings. The topological polar surface area (TPSA) is 72.6 Å². The van der Waals surface area contributed by atoms with Gasteiger partial charge in [-0.05, 0) is 32.1 Å². The summed E-state index contributed by atoms with van der Waals surface area (Å²) in [5.41, 5.74) is 5.92. The molecule has 2 rings (SSSR count). The Balaban J connectivity index is 2.01. The highest BCUT2D eigenvalue weighted by Crippen LogP contribution is 2.28. The highest BCUT2D eigenvalue weighted by atomic mass is 16.5. The van der Waals surface area contributed by atoms with Crippen molar-refractivity contribution in [3.8, 4) is 0 Å². The van der Waals surface area contributed by atoms with Gasteiger partial charge in [-0.3, -0.25) is 4.79 Å². The fourth-order valence-electron chi connectivity index (χ4n) is 3.10. The van der Waals surface area contributed by atoms with Crippen LogP contribution in [0, 0.1) is 5.92 Å². The quantitative estimate of drug-likeness (QED) is 0.735. The standard InChI is InChI=1S/C13H22N2O3/c1-18-13(17)11-6-3-7-15(11)12(16)9-4-2-5-10(14)8-9/h9-11H,2-8,14H2,1H3. The molecule has 18 heavy (non-hydrogen) atoms. The zero-order chi connectivity index (χ0) is 13.1. The predicted molar refractivity (Wildman–Crippen MR) is 66.7 cm³/mol. The third-order valence-corrected chi connectivity index (χ3v) is 4.07. The summed E-state index contributed by atoms with van der Waals surface area (Å²) in [4.78, 5) is 25.8. The van der Waals surface area contributed by atoms with Gasteiger partial charge in [-0.25, -0.2) is 4.79 Å². The molecule has 0 aromatic carbocycles. The molecule has 0 aromatic heterocycles. The number of nitrogens with zero attached hydrogens (tertiary/aromatic N) is 1. The second kappa shape index (κ2) is 5.69. The number of carbonyl (C=O) groups is 2. The van der Waals surface area contributed by atoms with Gasteiger partial charge in [0.2, 0.25) is 5.91 Å². The van der Waals surface area contributed by atoms with Crippen LogP contribution in [0.25, 0.3) is 0 Å². The Hall–Kier alpha value is -1.10. The van der Waals surface area contributed by atoms with Crippen LogP contribution in [0.2, 0.25) is 0 Å². The van der Waals surface area contributed by atoms with E-state index in [-0.39, 0.29) is 29.9 Å². The number of ether oxygens (including phenoxy) is 1. The maximum Gasteiger partial charge on any atom is 0.328 e. The summed E-state index contributed by atoms with van der Waals surface area (Å²) in [6.07, 6.45) is 5.26. The minimum absolute atomic E-state index is 0.000920. The Kier molecular flexibility index (Phi) is 4.22. The van der Waals surface area contributed by atoms with Crippen molar-refractivity contribution in [2.75, 3.05) is 13.7 Å². The third-order valence-electron chi connectivity index (χ3n) is 4.07. The van der Waals surface area contributed by atoms with E-state index in [1.807, 2.05) is 0 Å². The average molecular weight is 254 g/mol. The minimum atomic E-state index is -0.374. The smallest absolute Gasteiger partial charge is 0.328 e. The highest BCUT2D eigenvalue weighted by molar-refractivity contribution is 5.86. The van der Waals surface area contributed by atoms with E-state index in [9.17, 15) is 9.59 Å². The van der Waals surface area contributed by atoms with Crippen LogP contribution in [0.4, 0.5) is 0 Å². The van der Waals surface area contributed by atoms with Gasteiger partial charge in [0.1, 0.15) is 6.04 Å². The minimum Gasteiger partial charge on any atom is -0.467 e. The van der Waals surface area contributed by atoms with Crippen LogP contribution in [-0.2, 0) is 14.3 Å². The van der Waals surface area contributed by atoms with Gasteiger partial charge < -0.3 is 15.4 Å². The summed E-state index contributed by atoms with van der Waals surface area (Å²) in [5.74, 6) is -0.196. The molecule has 0 radical (unpaired) electrons. The number of rotatable bonds is 2. The SMILES string of the molecule is COC(=O)C1CCCN1C(=O)C1CCCC(N)C1. The van der Waals surface area contributed by atoms with Crippen molar-refractivity contribution in [1.82, 2.24) is 4.90 Å². The number of esters is 1. The number of hydrogen-bond acceptors (Lipinski definition) is 4. The molecule has 1 amide bonds. The number of methoxy groups -OCH3 is 1. The Morgan fingerprint density at radius 2 is 2.00 bits per heavy atom. The molecule has 5 nitrogen and oxygen atoms in total. The van der Waals surface area contributed by atoms with Crippen LogP contribution in [0.3, 0.4) is 0 Å². The van der Waals surface area contributed by atoms with Crippen molar-refractivity contribution in [3.63, 3.8) is 0 Å². The molecule has 3 unspecified atom stereocenters. The van der Waals surface area contributed by atoms with Crippen molar-refractivity contribution < 1.29 is 14.3 Å². The molecule has 102 valence electrons. The summed E-state index contributed by atoms with van der Waals surface area (Å²) >= 11 is 0. The van der Waals surface area contributed by atoms with Crippen molar-refractivity contribution in [2.24, 2.45) is 11.7 Å². The Labute approximate surface area is 108 Å². The van der Waals surface area contributed by atoms with Crippen LogP contribution in [0.1, 0.15) is 38.5 Å². The van der Waals surface area contributed by atoms with E-state index in [2.05, 4.69) is 0 Å². The summed E-state index contributed by atoms with van der Waals surface area (Å²) < 4.78 is 4.77. The van der Waals surface area contributed by atoms with Gasteiger partial charge in [0.25, 0.3) is 0 Å². The molecule has 0 bridgehead atoms. The van der Waals surface area contributed by atoms with E-state index in [1.165, 1.54) is 7.11 Å². The van der Waals surface area contributed by atoms with Crippen LogP contribution in [0.15, 0.2) is 0 Å². The highest BCUT2D eigenvalue weighted by Gasteiger charge is 2.38. The van der Waals surface area contributed by atoms with Crippen LogP contribution < -0.4 is 5.73 Å². The normalized spacial score (nSPS) is 32.3. The molecule has 0 spiro atoms. The van der Waals surface area contributed by atoms with Gasteiger partial charge in [0.05, 0.1) is 7.11 Å². The fourth-order valence-corrected chi connectivity index (χ4v) is 3.10. The second-order valence-electron chi connectivity index (χ2n) is 5.34. The first-order valence-corrected chi connectivity index (χ1v) is 6.77. The van der Waals surface area contributed by atoms with E-state index in [0.29, 0.717) is 6.54 Å². The van der Waals surface area contributed by atoms with Crippen molar-refractivity contribution in [1.29, 1.82) is 0 Å². The van der Waals surface area contributed by atoms with Gasteiger partial charge in [0, 0.05) is 18.5 Å².